The predicted molar refractivity (Wildman–Crippen MR) is 97.1 cm³/mol. The van der Waals surface area contributed by atoms with Gasteiger partial charge in [0.1, 0.15) is 0 Å². The average molecular weight is 342 g/mol. The molecule has 0 saturated carbocycles. The minimum absolute atomic E-state index is 0.0912. The van der Waals surface area contributed by atoms with E-state index in [1.165, 1.54) is 5.56 Å². The van der Waals surface area contributed by atoms with E-state index in [1.807, 2.05) is 38.2 Å². The quantitative estimate of drug-likeness (QED) is 0.873. The van der Waals surface area contributed by atoms with Gasteiger partial charge in [-0.2, -0.15) is 5.10 Å². The molecule has 1 amide bonds. The first-order chi connectivity index (χ1) is 11.9. The number of β-amino-alcohol motifs (C(OH)–C–C–N with tert-alkyl or cyclic N) is 1. The zero-order valence-electron chi connectivity index (χ0n) is 14.9. The van der Waals surface area contributed by atoms with E-state index in [2.05, 4.69) is 27.4 Å². The predicted octanol–water partition coefficient (Wildman–Crippen LogP) is 2.08. The molecule has 0 spiro atoms. The Morgan fingerprint density at radius 3 is 2.80 bits per heavy atom. The lowest BCUT2D eigenvalue weighted by molar-refractivity contribution is -0.123. The maximum atomic E-state index is 12.3. The van der Waals surface area contributed by atoms with Gasteiger partial charge in [0.15, 0.2) is 5.82 Å². The van der Waals surface area contributed by atoms with E-state index >= 15 is 0 Å². The van der Waals surface area contributed by atoms with Crippen molar-refractivity contribution in [2.45, 2.75) is 38.3 Å². The minimum Gasteiger partial charge on any atom is -0.388 e. The van der Waals surface area contributed by atoms with Gasteiger partial charge in [-0.1, -0.05) is 30.3 Å². The van der Waals surface area contributed by atoms with Crippen LogP contribution in [0.25, 0.3) is 0 Å². The van der Waals surface area contributed by atoms with Crippen molar-refractivity contribution >= 4 is 11.7 Å². The second-order valence-corrected chi connectivity index (χ2v) is 7.04. The van der Waals surface area contributed by atoms with Gasteiger partial charge in [-0.3, -0.25) is 14.4 Å². The number of nitrogens with one attached hydrogen (secondary N) is 1. The molecule has 25 heavy (non-hydrogen) atoms. The van der Waals surface area contributed by atoms with Crippen molar-refractivity contribution in [2.75, 3.05) is 18.4 Å². The van der Waals surface area contributed by atoms with Crippen LogP contribution in [0.1, 0.15) is 30.5 Å². The Morgan fingerprint density at radius 2 is 2.12 bits per heavy atom. The number of hydrogen-bond acceptors (Lipinski definition) is 4. The van der Waals surface area contributed by atoms with Gasteiger partial charge < -0.3 is 10.4 Å². The molecule has 1 aromatic carbocycles. The smallest absolute Gasteiger partial charge is 0.228 e. The van der Waals surface area contributed by atoms with E-state index in [9.17, 15) is 9.90 Å². The zero-order chi connectivity index (χ0) is 17.9. The lowest BCUT2D eigenvalue weighted by Gasteiger charge is -2.38. The van der Waals surface area contributed by atoms with Gasteiger partial charge in [0.2, 0.25) is 5.91 Å². The molecule has 1 unspecified atom stereocenters. The Balaban J connectivity index is 1.57. The molecular formula is C19H26N4O2. The number of carbonyl (C=O) groups excluding carboxylic acids is 1. The van der Waals surface area contributed by atoms with Crippen LogP contribution in [-0.2, 0) is 18.4 Å². The lowest BCUT2D eigenvalue weighted by Crippen LogP contribution is -2.49. The van der Waals surface area contributed by atoms with E-state index in [0.717, 1.165) is 25.2 Å². The molecule has 1 aromatic heterocycles. The zero-order valence-corrected chi connectivity index (χ0v) is 14.9. The number of amides is 1. The number of aliphatic hydroxyl groups is 1. The fourth-order valence-electron chi connectivity index (χ4n) is 3.43. The summed E-state index contributed by atoms with van der Waals surface area (Å²) in [7, 11) is 1.83. The molecule has 2 N–H and O–H groups in total. The summed E-state index contributed by atoms with van der Waals surface area (Å²) in [4.78, 5) is 14.6. The van der Waals surface area contributed by atoms with Crippen LogP contribution in [0, 0.1) is 6.92 Å². The number of hydrogen-bond donors (Lipinski definition) is 2. The Hall–Kier alpha value is -2.18. The lowest BCUT2D eigenvalue weighted by atomic mass is 9.89. The molecule has 1 atom stereocenters. The van der Waals surface area contributed by atoms with Crippen molar-refractivity contribution < 1.29 is 9.90 Å². The Kier molecular flexibility index (Phi) is 5.20. The molecule has 6 nitrogen and oxygen atoms in total. The first kappa shape index (κ1) is 17.6. The summed E-state index contributed by atoms with van der Waals surface area (Å²) in [5.41, 5.74) is 1.21. The monoisotopic (exact) mass is 342 g/mol. The molecule has 3 rings (SSSR count). The number of aromatic nitrogens is 2. The molecule has 6 heteroatoms. The molecule has 2 heterocycles. The fraction of sp³-hybridized carbons (Fsp3) is 0.474. The minimum atomic E-state index is -0.985. The van der Waals surface area contributed by atoms with Gasteiger partial charge in [-0.15, -0.1) is 0 Å². The molecule has 1 fully saturated rings. The van der Waals surface area contributed by atoms with Crippen LogP contribution in [0.5, 0.6) is 0 Å². The highest BCUT2D eigenvalue weighted by Crippen LogP contribution is 2.26. The number of benzene rings is 1. The number of aryl methyl sites for hydroxylation is 2. The van der Waals surface area contributed by atoms with E-state index in [0.29, 0.717) is 18.8 Å². The van der Waals surface area contributed by atoms with Crippen LogP contribution in [0.3, 0.4) is 0 Å². The molecule has 0 aliphatic carbocycles. The van der Waals surface area contributed by atoms with Crippen LogP contribution in [0.15, 0.2) is 36.4 Å². The van der Waals surface area contributed by atoms with E-state index in [4.69, 9.17) is 0 Å². The number of anilines is 1. The fourth-order valence-corrected chi connectivity index (χ4v) is 3.43. The van der Waals surface area contributed by atoms with E-state index in [-0.39, 0.29) is 12.3 Å². The number of likely N-dealkylation sites (tertiary alicyclic amines) is 1. The molecule has 1 aliphatic heterocycles. The first-order valence-electron chi connectivity index (χ1n) is 8.73. The molecule has 0 radical (unpaired) electrons. The van der Waals surface area contributed by atoms with Crippen LogP contribution in [-0.4, -0.2) is 44.4 Å². The molecular weight excluding hydrogens is 316 g/mol. The average Bonchev–Trinajstić information content (AvgIpc) is 2.85. The Bertz CT molecular complexity index is 709. The third kappa shape index (κ3) is 4.67. The summed E-state index contributed by atoms with van der Waals surface area (Å²) < 4.78 is 1.71. The van der Waals surface area contributed by atoms with Gasteiger partial charge in [-0.05, 0) is 31.9 Å². The van der Waals surface area contributed by atoms with Gasteiger partial charge >= 0.3 is 0 Å². The Morgan fingerprint density at radius 1 is 1.36 bits per heavy atom. The highest BCUT2D eigenvalue weighted by atomic mass is 16.3. The van der Waals surface area contributed by atoms with Crippen molar-refractivity contribution in [1.29, 1.82) is 0 Å². The summed E-state index contributed by atoms with van der Waals surface area (Å²) in [6.07, 6.45) is 1.63. The van der Waals surface area contributed by atoms with Crippen molar-refractivity contribution in [3.05, 3.63) is 47.7 Å². The van der Waals surface area contributed by atoms with Crippen LogP contribution >= 0.6 is 0 Å². The SMILES string of the molecule is Cc1cc(NC(=O)CC2(O)CCCN(Cc3ccccc3)C2)nn1C. The maximum Gasteiger partial charge on any atom is 0.228 e. The molecule has 0 bridgehead atoms. The third-order valence-electron chi connectivity index (χ3n) is 4.75. The summed E-state index contributed by atoms with van der Waals surface area (Å²) >= 11 is 0. The second-order valence-electron chi connectivity index (χ2n) is 7.04. The van der Waals surface area contributed by atoms with Gasteiger partial charge in [0, 0.05) is 31.9 Å². The van der Waals surface area contributed by atoms with E-state index < -0.39 is 5.60 Å². The molecule has 1 aliphatic rings. The van der Waals surface area contributed by atoms with Crippen LogP contribution in [0.4, 0.5) is 5.82 Å². The molecule has 1 saturated heterocycles. The molecule has 2 aromatic rings. The Labute approximate surface area is 148 Å². The summed E-state index contributed by atoms with van der Waals surface area (Å²) in [5, 5.41) is 17.9. The number of carbonyl (C=O) groups is 1. The number of piperidine rings is 1. The number of nitrogens with zero attached hydrogens (tertiary/aromatic N) is 3. The maximum absolute atomic E-state index is 12.3. The van der Waals surface area contributed by atoms with Gasteiger partial charge in [0.05, 0.1) is 12.0 Å². The number of rotatable bonds is 5. The van der Waals surface area contributed by atoms with Crippen molar-refractivity contribution in [1.82, 2.24) is 14.7 Å². The first-order valence-corrected chi connectivity index (χ1v) is 8.73. The standard InChI is InChI=1S/C19H26N4O2/c1-15-11-17(21-22(15)2)20-18(24)12-19(25)9-6-10-23(14-19)13-16-7-4-3-5-8-16/h3-5,7-8,11,25H,6,9-10,12-14H2,1-2H3,(H,20,21,24). The largest absolute Gasteiger partial charge is 0.388 e. The third-order valence-corrected chi connectivity index (χ3v) is 4.75. The van der Waals surface area contributed by atoms with Gasteiger partial charge in [-0.25, -0.2) is 0 Å². The summed E-state index contributed by atoms with van der Waals surface area (Å²) in [5.74, 6) is 0.340. The topological polar surface area (TPSA) is 70.4 Å². The highest BCUT2D eigenvalue weighted by molar-refractivity contribution is 5.90. The van der Waals surface area contributed by atoms with Crippen LogP contribution in [0.2, 0.25) is 0 Å². The normalized spacial score (nSPS) is 21.2. The van der Waals surface area contributed by atoms with Crippen molar-refractivity contribution in [3.63, 3.8) is 0 Å². The highest BCUT2D eigenvalue weighted by Gasteiger charge is 2.35. The van der Waals surface area contributed by atoms with Crippen molar-refractivity contribution in [3.8, 4) is 0 Å². The van der Waals surface area contributed by atoms with Crippen molar-refractivity contribution in [2.24, 2.45) is 7.05 Å². The summed E-state index contributed by atoms with van der Waals surface area (Å²) in [6.45, 7) is 4.18. The second kappa shape index (κ2) is 7.37. The van der Waals surface area contributed by atoms with E-state index in [1.54, 1.807) is 4.68 Å². The molecule has 134 valence electrons. The van der Waals surface area contributed by atoms with Crippen LogP contribution < -0.4 is 5.32 Å². The summed E-state index contributed by atoms with van der Waals surface area (Å²) in [6, 6.07) is 12.0. The van der Waals surface area contributed by atoms with Gasteiger partial charge in [0.25, 0.3) is 0 Å².